The zero-order valence-corrected chi connectivity index (χ0v) is 15.2. The van der Waals surface area contributed by atoms with Crippen molar-refractivity contribution < 1.29 is 9.90 Å². The van der Waals surface area contributed by atoms with Gasteiger partial charge in [-0.25, -0.2) is 14.5 Å². The molecule has 0 fully saturated rings. The Bertz CT molecular complexity index is 1160. The SMILES string of the molecule is C[C@@H](c1ccccc1)n1ncc2nc(-n3cc(C(=O)O)cn3)[nH]c(=O)c21.S. The first kappa shape index (κ1) is 18.4. The molecular weight excluding hydrogens is 368 g/mol. The van der Waals surface area contributed by atoms with Gasteiger partial charge in [-0.05, 0) is 12.5 Å². The van der Waals surface area contributed by atoms with Crippen molar-refractivity contribution in [2.45, 2.75) is 13.0 Å². The molecule has 0 radical (unpaired) electrons. The predicted molar refractivity (Wildman–Crippen MR) is 103 cm³/mol. The van der Waals surface area contributed by atoms with Crippen LogP contribution >= 0.6 is 13.5 Å². The summed E-state index contributed by atoms with van der Waals surface area (Å²) < 4.78 is 2.83. The number of nitrogens with one attached hydrogen (secondary N) is 1. The van der Waals surface area contributed by atoms with Crippen molar-refractivity contribution in [1.82, 2.24) is 29.5 Å². The number of aromatic amines is 1. The molecule has 2 N–H and O–H groups in total. The number of nitrogens with zero attached hydrogens (tertiary/aromatic N) is 5. The molecule has 9 nitrogen and oxygen atoms in total. The summed E-state index contributed by atoms with van der Waals surface area (Å²) in [5.74, 6) is -0.980. The van der Waals surface area contributed by atoms with E-state index in [0.29, 0.717) is 11.0 Å². The first-order valence-corrected chi connectivity index (χ1v) is 7.85. The molecule has 0 amide bonds. The van der Waals surface area contributed by atoms with Gasteiger partial charge >= 0.3 is 5.97 Å². The number of hydrogen-bond acceptors (Lipinski definition) is 5. The van der Waals surface area contributed by atoms with E-state index in [-0.39, 0.29) is 36.6 Å². The van der Waals surface area contributed by atoms with Crippen LogP contribution in [0.2, 0.25) is 0 Å². The van der Waals surface area contributed by atoms with E-state index >= 15 is 0 Å². The van der Waals surface area contributed by atoms with Gasteiger partial charge in [0.05, 0.1) is 24.0 Å². The molecule has 3 heterocycles. The summed E-state index contributed by atoms with van der Waals surface area (Å²) >= 11 is 0. The molecule has 0 unspecified atom stereocenters. The zero-order valence-electron chi connectivity index (χ0n) is 14.2. The third-order valence-electron chi connectivity index (χ3n) is 4.14. The molecule has 0 spiro atoms. The molecule has 138 valence electrons. The smallest absolute Gasteiger partial charge is 0.338 e. The van der Waals surface area contributed by atoms with Crippen LogP contribution in [0.5, 0.6) is 0 Å². The Balaban J connectivity index is 0.00000210. The molecule has 10 heteroatoms. The largest absolute Gasteiger partial charge is 0.478 e. The number of carboxylic acids is 1. The topological polar surface area (TPSA) is 119 Å². The van der Waals surface area contributed by atoms with Gasteiger partial charge in [-0.2, -0.15) is 23.7 Å². The van der Waals surface area contributed by atoms with Gasteiger partial charge in [0.1, 0.15) is 5.52 Å². The van der Waals surface area contributed by atoms with Gasteiger partial charge < -0.3 is 5.11 Å². The lowest BCUT2D eigenvalue weighted by Crippen LogP contribution is -2.18. The standard InChI is InChI=1S/C17H14N6O3.H2S/c1-10(11-5-3-2-4-6-11)23-14-13(8-19-23)20-17(21-15(14)24)22-9-12(7-18-22)16(25)26;/h2-10H,1H3,(H,25,26)(H,20,21,24);1H2/t10-;/m0./s1. The minimum atomic E-state index is -1.11. The monoisotopic (exact) mass is 384 g/mol. The quantitative estimate of drug-likeness (QED) is 0.553. The normalized spacial score (nSPS) is 11.9. The van der Waals surface area contributed by atoms with Crippen LogP contribution in [0, 0.1) is 0 Å². The highest BCUT2D eigenvalue weighted by molar-refractivity contribution is 7.59. The van der Waals surface area contributed by atoms with Crippen LogP contribution in [-0.2, 0) is 0 Å². The Morgan fingerprint density at radius 3 is 2.59 bits per heavy atom. The summed E-state index contributed by atoms with van der Waals surface area (Å²) in [7, 11) is 0. The molecule has 4 rings (SSSR count). The Morgan fingerprint density at radius 1 is 1.19 bits per heavy atom. The molecule has 0 aliphatic rings. The Labute approximate surface area is 159 Å². The van der Waals surface area contributed by atoms with E-state index in [1.165, 1.54) is 23.3 Å². The maximum absolute atomic E-state index is 12.6. The van der Waals surface area contributed by atoms with E-state index in [9.17, 15) is 9.59 Å². The van der Waals surface area contributed by atoms with Crippen LogP contribution < -0.4 is 5.56 Å². The van der Waals surface area contributed by atoms with Crippen LogP contribution in [0.3, 0.4) is 0 Å². The lowest BCUT2D eigenvalue weighted by molar-refractivity contribution is 0.0697. The highest BCUT2D eigenvalue weighted by Gasteiger charge is 2.17. The zero-order chi connectivity index (χ0) is 18.3. The molecule has 4 aromatic rings. The number of rotatable bonds is 4. The summed E-state index contributed by atoms with van der Waals surface area (Å²) in [5, 5.41) is 17.2. The maximum atomic E-state index is 12.6. The van der Waals surface area contributed by atoms with Crippen LogP contribution in [0.15, 0.2) is 53.7 Å². The number of fused-ring (bicyclic) bond motifs is 1. The third-order valence-corrected chi connectivity index (χ3v) is 4.14. The number of aromatic carboxylic acids is 1. The number of H-pyrrole nitrogens is 1. The van der Waals surface area contributed by atoms with Gasteiger partial charge in [0.25, 0.3) is 5.56 Å². The molecule has 1 aromatic carbocycles. The fourth-order valence-corrected chi connectivity index (χ4v) is 2.78. The average Bonchev–Trinajstić information content (AvgIpc) is 3.29. The number of benzene rings is 1. The number of aromatic nitrogens is 6. The van der Waals surface area contributed by atoms with E-state index in [0.717, 1.165) is 5.56 Å². The van der Waals surface area contributed by atoms with E-state index in [1.54, 1.807) is 4.68 Å². The van der Waals surface area contributed by atoms with Crippen molar-refractivity contribution in [3.05, 3.63) is 70.4 Å². The summed E-state index contributed by atoms with van der Waals surface area (Å²) in [6, 6.07) is 9.56. The van der Waals surface area contributed by atoms with Gasteiger partial charge in [0.15, 0.2) is 5.52 Å². The van der Waals surface area contributed by atoms with E-state index < -0.39 is 5.97 Å². The van der Waals surface area contributed by atoms with Crippen molar-refractivity contribution in [1.29, 1.82) is 0 Å². The highest BCUT2D eigenvalue weighted by Crippen LogP contribution is 2.20. The lowest BCUT2D eigenvalue weighted by atomic mass is 10.1. The van der Waals surface area contributed by atoms with Crippen molar-refractivity contribution in [3.8, 4) is 5.95 Å². The van der Waals surface area contributed by atoms with Gasteiger partial charge in [0, 0.05) is 6.20 Å². The molecule has 0 aliphatic heterocycles. The summed E-state index contributed by atoms with van der Waals surface area (Å²) in [6.07, 6.45) is 3.98. The highest BCUT2D eigenvalue weighted by atomic mass is 32.1. The van der Waals surface area contributed by atoms with Crippen molar-refractivity contribution in [2.24, 2.45) is 0 Å². The first-order valence-electron chi connectivity index (χ1n) is 7.85. The number of carbonyl (C=O) groups is 1. The first-order chi connectivity index (χ1) is 12.5. The summed E-state index contributed by atoms with van der Waals surface area (Å²) in [4.78, 5) is 30.6. The Morgan fingerprint density at radius 2 is 1.93 bits per heavy atom. The van der Waals surface area contributed by atoms with Crippen molar-refractivity contribution >= 4 is 30.5 Å². The fourth-order valence-electron chi connectivity index (χ4n) is 2.78. The molecular formula is C17H16N6O3S. The minimum absolute atomic E-state index is 0. The second-order valence-electron chi connectivity index (χ2n) is 5.78. The molecule has 0 bridgehead atoms. The van der Waals surface area contributed by atoms with E-state index in [2.05, 4.69) is 20.2 Å². The molecule has 0 saturated heterocycles. The maximum Gasteiger partial charge on any atom is 0.338 e. The molecule has 3 aromatic heterocycles. The van der Waals surface area contributed by atoms with Crippen LogP contribution in [0.1, 0.15) is 28.9 Å². The van der Waals surface area contributed by atoms with Crippen molar-refractivity contribution in [2.75, 3.05) is 0 Å². The van der Waals surface area contributed by atoms with Crippen LogP contribution in [0.4, 0.5) is 0 Å². The van der Waals surface area contributed by atoms with Crippen molar-refractivity contribution in [3.63, 3.8) is 0 Å². The van der Waals surface area contributed by atoms with Gasteiger partial charge in [-0.3, -0.25) is 14.5 Å². The van der Waals surface area contributed by atoms with E-state index in [1.807, 2.05) is 37.3 Å². The molecule has 0 aliphatic carbocycles. The van der Waals surface area contributed by atoms with Gasteiger partial charge in [0.2, 0.25) is 5.95 Å². The number of carboxylic acid groups (broad SMARTS) is 1. The Kier molecular flexibility index (Phi) is 4.82. The minimum Gasteiger partial charge on any atom is -0.478 e. The summed E-state index contributed by atoms with van der Waals surface area (Å²) in [6.45, 7) is 1.95. The second-order valence-corrected chi connectivity index (χ2v) is 5.78. The molecule has 0 saturated carbocycles. The van der Waals surface area contributed by atoms with Gasteiger partial charge in [-0.1, -0.05) is 30.3 Å². The molecule has 27 heavy (non-hydrogen) atoms. The molecule has 1 atom stereocenters. The lowest BCUT2D eigenvalue weighted by Gasteiger charge is -2.13. The van der Waals surface area contributed by atoms with Gasteiger partial charge in [-0.15, -0.1) is 0 Å². The summed E-state index contributed by atoms with van der Waals surface area (Å²) in [5.41, 5.74) is 1.38. The van der Waals surface area contributed by atoms with Crippen LogP contribution in [0.25, 0.3) is 17.0 Å². The predicted octanol–water partition coefficient (Wildman–Crippen LogP) is 1.73. The Hall–Kier alpha value is -3.40. The second kappa shape index (κ2) is 7.08. The average molecular weight is 384 g/mol. The number of hydrogen-bond donors (Lipinski definition) is 2. The third kappa shape index (κ3) is 3.22. The fraction of sp³-hybridized carbons (Fsp3) is 0.118. The van der Waals surface area contributed by atoms with E-state index in [4.69, 9.17) is 5.11 Å². The van der Waals surface area contributed by atoms with Crippen LogP contribution in [-0.4, -0.2) is 40.6 Å².